The minimum Gasteiger partial charge on any atom is -0.462 e. The number of aromatic nitrogens is 1. The molecule has 0 bridgehead atoms. The normalized spacial score (nSPS) is 10.6. The Kier molecular flexibility index (Phi) is 5.98. The quantitative estimate of drug-likeness (QED) is 0.644. The summed E-state index contributed by atoms with van der Waals surface area (Å²) in [5.41, 5.74) is 2.32. The van der Waals surface area contributed by atoms with E-state index in [1.807, 2.05) is 60.7 Å². The molecule has 5 nitrogen and oxygen atoms in total. The van der Waals surface area contributed by atoms with E-state index < -0.39 is 11.9 Å². The summed E-state index contributed by atoms with van der Waals surface area (Å²) in [6, 6.07) is 19.2. The molecule has 0 spiro atoms. The Morgan fingerprint density at radius 3 is 2.11 bits per heavy atom. The fraction of sp³-hybridized carbons (Fsp3) is 0.190. The Balaban J connectivity index is 1.88. The molecule has 0 unspecified atom stereocenters. The number of ether oxygens (including phenoxy) is 1. The molecule has 138 valence electrons. The molecule has 27 heavy (non-hydrogen) atoms. The van der Waals surface area contributed by atoms with Gasteiger partial charge in [0.25, 0.3) is 0 Å². The molecule has 0 atom stereocenters. The van der Waals surface area contributed by atoms with Crippen molar-refractivity contribution < 1.29 is 14.3 Å². The zero-order valence-corrected chi connectivity index (χ0v) is 16.0. The van der Waals surface area contributed by atoms with Crippen molar-refractivity contribution in [2.75, 3.05) is 11.9 Å². The van der Waals surface area contributed by atoms with Gasteiger partial charge in [0.2, 0.25) is 5.91 Å². The lowest BCUT2D eigenvalue weighted by atomic mass is 9.90. The Morgan fingerprint density at radius 2 is 1.59 bits per heavy atom. The number of rotatable bonds is 6. The third kappa shape index (κ3) is 4.41. The van der Waals surface area contributed by atoms with Crippen molar-refractivity contribution in [3.63, 3.8) is 0 Å². The lowest BCUT2D eigenvalue weighted by Gasteiger charge is -2.17. The van der Waals surface area contributed by atoms with Crippen LogP contribution in [0.5, 0.6) is 0 Å². The summed E-state index contributed by atoms with van der Waals surface area (Å²) in [7, 11) is 0. The van der Waals surface area contributed by atoms with Gasteiger partial charge >= 0.3 is 5.97 Å². The number of benzene rings is 2. The Labute approximate surface area is 162 Å². The Morgan fingerprint density at radius 1 is 1.04 bits per heavy atom. The van der Waals surface area contributed by atoms with E-state index >= 15 is 0 Å². The molecule has 0 saturated heterocycles. The van der Waals surface area contributed by atoms with Crippen molar-refractivity contribution in [1.29, 1.82) is 0 Å². The van der Waals surface area contributed by atoms with E-state index in [0.29, 0.717) is 22.3 Å². The molecule has 0 aliphatic carbocycles. The van der Waals surface area contributed by atoms with Crippen molar-refractivity contribution in [2.24, 2.45) is 0 Å². The number of amides is 1. The van der Waals surface area contributed by atoms with E-state index in [9.17, 15) is 9.59 Å². The topological polar surface area (TPSA) is 68.3 Å². The molecule has 0 aliphatic heterocycles. The smallest absolute Gasteiger partial charge is 0.350 e. The van der Waals surface area contributed by atoms with E-state index in [2.05, 4.69) is 10.3 Å². The molecule has 3 rings (SSSR count). The van der Waals surface area contributed by atoms with E-state index in [1.165, 1.54) is 0 Å². The molecule has 0 aliphatic rings. The highest BCUT2D eigenvalue weighted by atomic mass is 32.1. The second-order valence-electron chi connectivity index (χ2n) is 5.90. The zero-order chi connectivity index (χ0) is 19.2. The largest absolute Gasteiger partial charge is 0.462 e. The molecular formula is C21H20N2O3S. The first-order valence-corrected chi connectivity index (χ1v) is 9.47. The number of esters is 1. The van der Waals surface area contributed by atoms with Gasteiger partial charge in [-0.25, -0.2) is 9.78 Å². The van der Waals surface area contributed by atoms with Gasteiger partial charge in [-0.15, -0.1) is 0 Å². The fourth-order valence-electron chi connectivity index (χ4n) is 2.80. The molecular weight excluding hydrogens is 360 g/mol. The van der Waals surface area contributed by atoms with E-state index in [1.54, 1.807) is 13.8 Å². The van der Waals surface area contributed by atoms with Crippen molar-refractivity contribution in [2.45, 2.75) is 19.8 Å². The minimum atomic E-state index is -0.470. The molecule has 0 radical (unpaired) electrons. The molecule has 6 heteroatoms. The fourth-order valence-corrected chi connectivity index (χ4v) is 3.66. The van der Waals surface area contributed by atoms with Gasteiger partial charge in [-0.2, -0.15) is 0 Å². The first-order valence-electron chi connectivity index (χ1n) is 8.65. The van der Waals surface area contributed by atoms with Crippen molar-refractivity contribution in [3.05, 3.63) is 82.4 Å². The van der Waals surface area contributed by atoms with Gasteiger partial charge in [0.15, 0.2) is 5.13 Å². The monoisotopic (exact) mass is 380 g/mol. The SMILES string of the molecule is CCOC(=O)c1sc(NC(=O)C(c2ccccc2)c2ccccc2)nc1C. The third-order valence-corrected chi connectivity index (χ3v) is 5.07. The molecule has 1 heterocycles. The van der Waals surface area contributed by atoms with Crippen molar-refractivity contribution in [3.8, 4) is 0 Å². The standard InChI is InChI=1S/C21H20N2O3S/c1-3-26-20(25)18-14(2)22-21(27-18)23-19(24)17(15-10-6-4-7-11-15)16-12-8-5-9-13-16/h4-13,17H,3H2,1-2H3,(H,22,23,24). The van der Waals surface area contributed by atoms with Crippen LogP contribution in [-0.4, -0.2) is 23.5 Å². The van der Waals surface area contributed by atoms with Gasteiger partial charge in [0.1, 0.15) is 4.88 Å². The first-order chi connectivity index (χ1) is 13.1. The second kappa shape index (κ2) is 8.60. The van der Waals surface area contributed by atoms with Crippen LogP contribution in [0.25, 0.3) is 0 Å². The Hall–Kier alpha value is -2.99. The van der Waals surface area contributed by atoms with Crippen LogP contribution in [0.4, 0.5) is 5.13 Å². The predicted octanol–water partition coefficient (Wildman–Crippen LogP) is 4.40. The maximum Gasteiger partial charge on any atom is 0.350 e. The predicted molar refractivity (Wildman–Crippen MR) is 106 cm³/mol. The minimum absolute atomic E-state index is 0.198. The average Bonchev–Trinajstić information content (AvgIpc) is 3.04. The molecule has 1 N–H and O–H groups in total. The highest BCUT2D eigenvalue weighted by molar-refractivity contribution is 7.17. The number of carbonyl (C=O) groups is 2. The van der Waals surface area contributed by atoms with Crippen molar-refractivity contribution in [1.82, 2.24) is 4.98 Å². The maximum atomic E-state index is 13.1. The molecule has 0 saturated carbocycles. The number of nitrogens with one attached hydrogen (secondary N) is 1. The van der Waals surface area contributed by atoms with Crippen molar-refractivity contribution >= 4 is 28.3 Å². The van der Waals surface area contributed by atoms with Gasteiger partial charge in [-0.05, 0) is 25.0 Å². The average molecular weight is 380 g/mol. The summed E-state index contributed by atoms with van der Waals surface area (Å²) < 4.78 is 5.03. The highest BCUT2D eigenvalue weighted by Gasteiger charge is 2.25. The number of carbonyl (C=O) groups excluding carboxylic acids is 2. The zero-order valence-electron chi connectivity index (χ0n) is 15.1. The van der Waals surface area contributed by atoms with Gasteiger partial charge in [-0.3, -0.25) is 4.79 Å². The van der Waals surface area contributed by atoms with Crippen LogP contribution < -0.4 is 5.32 Å². The summed E-state index contributed by atoms with van der Waals surface area (Å²) in [5.74, 6) is -1.09. The van der Waals surface area contributed by atoms with Crippen LogP contribution in [0.2, 0.25) is 0 Å². The number of aryl methyl sites for hydroxylation is 1. The Bertz CT molecular complexity index is 884. The lowest BCUT2D eigenvalue weighted by molar-refractivity contribution is -0.116. The third-order valence-electron chi connectivity index (χ3n) is 4.02. The van der Waals surface area contributed by atoms with Crippen LogP contribution in [0.3, 0.4) is 0 Å². The number of hydrogen-bond donors (Lipinski definition) is 1. The van der Waals surface area contributed by atoms with Crippen LogP contribution in [0.15, 0.2) is 60.7 Å². The first kappa shape index (κ1) is 18.8. The van der Waals surface area contributed by atoms with Crippen LogP contribution in [-0.2, 0) is 9.53 Å². The van der Waals surface area contributed by atoms with Gasteiger partial charge in [0, 0.05) is 0 Å². The van der Waals surface area contributed by atoms with Gasteiger partial charge < -0.3 is 10.1 Å². The van der Waals surface area contributed by atoms with E-state index in [-0.39, 0.29) is 5.91 Å². The van der Waals surface area contributed by atoms with Crippen LogP contribution >= 0.6 is 11.3 Å². The maximum absolute atomic E-state index is 13.1. The highest BCUT2D eigenvalue weighted by Crippen LogP contribution is 2.28. The van der Waals surface area contributed by atoms with Gasteiger partial charge in [-0.1, -0.05) is 72.0 Å². The number of thiazole rings is 1. The number of nitrogens with zero attached hydrogens (tertiary/aromatic N) is 1. The molecule has 0 fully saturated rings. The number of hydrogen-bond acceptors (Lipinski definition) is 5. The summed E-state index contributed by atoms with van der Waals surface area (Å²) in [5, 5.41) is 3.24. The molecule has 1 amide bonds. The van der Waals surface area contributed by atoms with Crippen LogP contribution in [0.1, 0.15) is 39.3 Å². The molecule has 2 aromatic carbocycles. The molecule has 3 aromatic rings. The summed E-state index contributed by atoms with van der Waals surface area (Å²) in [6.45, 7) is 3.77. The van der Waals surface area contributed by atoms with E-state index in [0.717, 1.165) is 22.5 Å². The van der Waals surface area contributed by atoms with E-state index in [4.69, 9.17) is 4.74 Å². The van der Waals surface area contributed by atoms with Gasteiger partial charge in [0.05, 0.1) is 18.2 Å². The number of anilines is 1. The second-order valence-corrected chi connectivity index (χ2v) is 6.90. The van der Waals surface area contributed by atoms with Crippen LogP contribution in [0, 0.1) is 6.92 Å². The molecule has 1 aromatic heterocycles. The lowest BCUT2D eigenvalue weighted by Crippen LogP contribution is -2.22. The summed E-state index contributed by atoms with van der Waals surface area (Å²) in [6.07, 6.45) is 0. The summed E-state index contributed by atoms with van der Waals surface area (Å²) in [4.78, 5) is 29.8. The summed E-state index contributed by atoms with van der Waals surface area (Å²) >= 11 is 1.13.